The third kappa shape index (κ3) is 6.07. The van der Waals surface area contributed by atoms with Gasteiger partial charge in [-0.1, -0.05) is 26.0 Å². The van der Waals surface area contributed by atoms with Crippen LogP contribution in [0, 0.1) is 5.41 Å². The molecule has 1 aromatic rings. The van der Waals surface area contributed by atoms with Crippen LogP contribution in [0.15, 0.2) is 29.3 Å². The van der Waals surface area contributed by atoms with Gasteiger partial charge in [-0.25, -0.2) is 4.99 Å². The topological polar surface area (TPSA) is 74.8 Å². The van der Waals surface area contributed by atoms with E-state index in [1.807, 2.05) is 24.3 Å². The summed E-state index contributed by atoms with van der Waals surface area (Å²) in [6.07, 6.45) is 3.52. The van der Waals surface area contributed by atoms with E-state index in [0.717, 1.165) is 43.9 Å². The summed E-state index contributed by atoms with van der Waals surface area (Å²) in [7, 11) is 1.64. The van der Waals surface area contributed by atoms with Crippen molar-refractivity contribution in [2.45, 2.75) is 65.6 Å². The number of carbonyl (C=O) groups is 1. The highest BCUT2D eigenvalue weighted by molar-refractivity contribution is 14.0. The first-order chi connectivity index (χ1) is 13.5. The molecule has 0 aromatic heterocycles. The predicted octanol–water partition coefficient (Wildman–Crippen LogP) is 3.70. The Morgan fingerprint density at radius 1 is 1.17 bits per heavy atom. The van der Waals surface area contributed by atoms with Crippen molar-refractivity contribution in [3.8, 4) is 0 Å². The van der Waals surface area contributed by atoms with Gasteiger partial charge in [0, 0.05) is 37.2 Å². The Labute approximate surface area is 192 Å². The fraction of sp³-hybridized carbons (Fsp3) is 0.636. The fourth-order valence-electron chi connectivity index (χ4n) is 4.14. The molecule has 1 aliphatic carbocycles. The molecule has 0 radical (unpaired) electrons. The molecule has 3 N–H and O–H groups in total. The molecule has 0 aliphatic heterocycles. The second-order valence-corrected chi connectivity index (χ2v) is 7.29. The lowest BCUT2D eigenvalue weighted by molar-refractivity contribution is -0.133. The molecule has 2 rings (SSSR count). The minimum atomic E-state index is -0.0747. The first kappa shape index (κ1) is 25.7. The Bertz CT molecular complexity index is 659. The molecule has 2 atom stereocenters. The third-order valence-corrected chi connectivity index (χ3v) is 5.99. The first-order valence-corrected chi connectivity index (χ1v) is 10.5. The standard InChI is InChI=1S/C22H36N4O2.HI/c1-6-22(7-2)18(14-19(22)28-9-4)26-21(24-8-3)25-15-16-10-12-17(13-11-16)20(27)23-5;/h10-13,18-19H,6-9,14-15H2,1-5H3,(H,23,27)(H2,24,25,26);1H. The quantitative estimate of drug-likeness (QED) is 0.266. The molecule has 0 spiro atoms. The zero-order chi connectivity index (χ0) is 20.6. The van der Waals surface area contributed by atoms with Crippen LogP contribution in [0.25, 0.3) is 0 Å². The van der Waals surface area contributed by atoms with Crippen molar-refractivity contribution in [1.82, 2.24) is 16.0 Å². The summed E-state index contributed by atoms with van der Waals surface area (Å²) in [5.41, 5.74) is 1.90. The number of hydrogen-bond donors (Lipinski definition) is 3. The molecule has 2 unspecified atom stereocenters. The lowest BCUT2D eigenvalue weighted by atomic mass is 9.58. The summed E-state index contributed by atoms with van der Waals surface area (Å²) < 4.78 is 5.98. The largest absolute Gasteiger partial charge is 0.378 e. The molecule has 0 saturated heterocycles. The van der Waals surface area contributed by atoms with Gasteiger partial charge in [-0.2, -0.15) is 0 Å². The SMILES string of the molecule is CCNC(=NCc1ccc(C(=O)NC)cc1)NC1CC(OCC)C1(CC)CC.I. The second-order valence-electron chi connectivity index (χ2n) is 7.29. The number of amides is 1. The van der Waals surface area contributed by atoms with Gasteiger partial charge in [0.2, 0.25) is 0 Å². The molecule has 7 heteroatoms. The Morgan fingerprint density at radius 3 is 2.34 bits per heavy atom. The van der Waals surface area contributed by atoms with Gasteiger partial charge >= 0.3 is 0 Å². The Kier molecular flexibility index (Phi) is 11.0. The lowest BCUT2D eigenvalue weighted by Gasteiger charge is -2.55. The number of guanidine groups is 1. The van der Waals surface area contributed by atoms with Crippen molar-refractivity contribution in [2.24, 2.45) is 10.4 Å². The minimum Gasteiger partial charge on any atom is -0.378 e. The van der Waals surface area contributed by atoms with Crippen molar-refractivity contribution >= 4 is 35.8 Å². The van der Waals surface area contributed by atoms with Gasteiger partial charge in [0.15, 0.2) is 5.96 Å². The van der Waals surface area contributed by atoms with Crippen molar-refractivity contribution in [3.63, 3.8) is 0 Å². The first-order valence-electron chi connectivity index (χ1n) is 10.5. The van der Waals surface area contributed by atoms with E-state index in [1.165, 1.54) is 0 Å². The Morgan fingerprint density at radius 2 is 1.83 bits per heavy atom. The number of aliphatic imine (C=N–C) groups is 1. The number of carbonyl (C=O) groups excluding carboxylic acids is 1. The Balaban J connectivity index is 0.00000420. The number of nitrogens with one attached hydrogen (secondary N) is 3. The smallest absolute Gasteiger partial charge is 0.251 e. The highest BCUT2D eigenvalue weighted by Crippen LogP contribution is 2.48. The van der Waals surface area contributed by atoms with Crippen LogP contribution in [-0.2, 0) is 11.3 Å². The molecule has 1 fully saturated rings. The molecule has 29 heavy (non-hydrogen) atoms. The van der Waals surface area contributed by atoms with E-state index < -0.39 is 0 Å². The van der Waals surface area contributed by atoms with E-state index >= 15 is 0 Å². The Hall–Kier alpha value is -1.35. The van der Waals surface area contributed by atoms with Crippen LogP contribution in [0.4, 0.5) is 0 Å². The van der Waals surface area contributed by atoms with E-state index in [0.29, 0.717) is 24.3 Å². The number of nitrogens with zero attached hydrogens (tertiary/aromatic N) is 1. The van der Waals surface area contributed by atoms with E-state index in [-0.39, 0.29) is 35.3 Å². The second kappa shape index (κ2) is 12.4. The van der Waals surface area contributed by atoms with Gasteiger partial charge in [0.25, 0.3) is 5.91 Å². The predicted molar refractivity (Wildman–Crippen MR) is 130 cm³/mol. The van der Waals surface area contributed by atoms with Gasteiger partial charge < -0.3 is 20.7 Å². The number of hydrogen-bond acceptors (Lipinski definition) is 3. The number of ether oxygens (including phenoxy) is 1. The van der Waals surface area contributed by atoms with Crippen LogP contribution in [0.3, 0.4) is 0 Å². The molecule has 0 heterocycles. The summed E-state index contributed by atoms with van der Waals surface area (Å²) >= 11 is 0. The van der Waals surface area contributed by atoms with Gasteiger partial charge in [0.05, 0.1) is 12.6 Å². The van der Waals surface area contributed by atoms with Crippen LogP contribution in [0.1, 0.15) is 62.9 Å². The summed E-state index contributed by atoms with van der Waals surface area (Å²) in [6, 6.07) is 7.94. The highest BCUT2D eigenvalue weighted by atomic mass is 127. The maximum atomic E-state index is 11.7. The normalized spacial score (nSPS) is 20.2. The van der Waals surface area contributed by atoms with Crippen molar-refractivity contribution < 1.29 is 9.53 Å². The molecule has 164 valence electrons. The van der Waals surface area contributed by atoms with Gasteiger partial charge in [-0.15, -0.1) is 24.0 Å². The zero-order valence-corrected chi connectivity index (χ0v) is 20.7. The van der Waals surface area contributed by atoms with Crippen molar-refractivity contribution in [3.05, 3.63) is 35.4 Å². The van der Waals surface area contributed by atoms with E-state index in [2.05, 4.69) is 43.6 Å². The number of benzene rings is 1. The molecule has 1 aliphatic rings. The number of rotatable bonds is 9. The van der Waals surface area contributed by atoms with Crippen LogP contribution in [0.2, 0.25) is 0 Å². The summed E-state index contributed by atoms with van der Waals surface area (Å²) in [4.78, 5) is 16.4. The van der Waals surface area contributed by atoms with Crippen LogP contribution in [-0.4, -0.2) is 44.2 Å². The highest BCUT2D eigenvalue weighted by Gasteiger charge is 2.53. The molecule has 0 bridgehead atoms. The lowest BCUT2D eigenvalue weighted by Crippen LogP contribution is -2.65. The molecular weight excluding hydrogens is 479 g/mol. The van der Waals surface area contributed by atoms with Crippen LogP contribution in [0.5, 0.6) is 0 Å². The van der Waals surface area contributed by atoms with E-state index in [1.54, 1.807) is 7.05 Å². The van der Waals surface area contributed by atoms with Crippen molar-refractivity contribution in [2.75, 3.05) is 20.2 Å². The average Bonchev–Trinajstić information content (AvgIpc) is 2.72. The van der Waals surface area contributed by atoms with Gasteiger partial charge in [-0.3, -0.25) is 4.79 Å². The molecule has 6 nitrogen and oxygen atoms in total. The van der Waals surface area contributed by atoms with Crippen molar-refractivity contribution in [1.29, 1.82) is 0 Å². The zero-order valence-electron chi connectivity index (χ0n) is 18.4. The minimum absolute atomic E-state index is 0. The van der Waals surface area contributed by atoms with Gasteiger partial charge in [-0.05, 0) is 50.8 Å². The molecule has 1 amide bonds. The maximum absolute atomic E-state index is 11.7. The third-order valence-electron chi connectivity index (χ3n) is 5.99. The van der Waals surface area contributed by atoms with Crippen LogP contribution < -0.4 is 16.0 Å². The summed E-state index contributed by atoms with van der Waals surface area (Å²) in [6.45, 7) is 10.8. The van der Waals surface area contributed by atoms with E-state index in [4.69, 9.17) is 9.73 Å². The fourth-order valence-corrected chi connectivity index (χ4v) is 4.14. The van der Waals surface area contributed by atoms with E-state index in [9.17, 15) is 4.79 Å². The molecular formula is C22H37IN4O2. The average molecular weight is 516 g/mol. The molecule has 1 saturated carbocycles. The van der Waals surface area contributed by atoms with Crippen LogP contribution >= 0.6 is 24.0 Å². The molecule has 1 aromatic carbocycles. The summed E-state index contributed by atoms with van der Waals surface area (Å²) in [5.74, 6) is 0.762. The number of halogens is 1. The van der Waals surface area contributed by atoms with Gasteiger partial charge in [0.1, 0.15) is 0 Å². The monoisotopic (exact) mass is 516 g/mol. The summed E-state index contributed by atoms with van der Waals surface area (Å²) in [5, 5.41) is 9.63. The maximum Gasteiger partial charge on any atom is 0.251 e.